The molecule has 0 radical (unpaired) electrons. The fraction of sp³-hybridized carbons (Fsp3) is 0.0769. The summed E-state index contributed by atoms with van der Waals surface area (Å²) in [6.07, 6.45) is 0.915. The zero-order valence-electron chi connectivity index (χ0n) is 10.1. The van der Waals surface area contributed by atoms with Crippen molar-refractivity contribution in [2.24, 2.45) is 0 Å². The summed E-state index contributed by atoms with van der Waals surface area (Å²) in [6, 6.07) is 7.39. The second-order valence-electron chi connectivity index (χ2n) is 3.78. The summed E-state index contributed by atoms with van der Waals surface area (Å²) in [7, 11) is -2.21. The van der Waals surface area contributed by atoms with E-state index in [0.717, 1.165) is 6.26 Å². The van der Waals surface area contributed by atoms with Crippen molar-refractivity contribution in [2.45, 2.75) is 4.90 Å². The number of halogens is 4. The first-order chi connectivity index (χ1) is 9.43. The Morgan fingerprint density at radius 1 is 0.900 bits per heavy atom. The Balaban J connectivity index is 2.58. The summed E-state index contributed by atoms with van der Waals surface area (Å²) in [5, 5.41) is 0. The van der Waals surface area contributed by atoms with E-state index in [1.165, 1.54) is 24.3 Å². The lowest BCUT2D eigenvalue weighted by Crippen LogP contribution is -2.07. The van der Waals surface area contributed by atoms with Crippen molar-refractivity contribution in [2.75, 3.05) is 6.26 Å². The van der Waals surface area contributed by atoms with E-state index < -0.39 is 44.7 Å². The minimum atomic E-state index is -2.21. The number of rotatable bonds is 3. The van der Waals surface area contributed by atoms with Crippen molar-refractivity contribution >= 4 is 10.8 Å². The average Bonchev–Trinajstić information content (AvgIpc) is 2.42. The van der Waals surface area contributed by atoms with E-state index in [-0.39, 0.29) is 5.75 Å². The van der Waals surface area contributed by atoms with Crippen molar-refractivity contribution in [3.8, 4) is 11.5 Å². The lowest BCUT2D eigenvalue weighted by atomic mass is 10.2. The monoisotopic (exact) mass is 304 g/mol. The van der Waals surface area contributed by atoms with Crippen molar-refractivity contribution in [3.05, 3.63) is 53.6 Å². The van der Waals surface area contributed by atoms with E-state index in [1.54, 1.807) is 6.07 Å². The molecule has 0 spiro atoms. The summed E-state index contributed by atoms with van der Waals surface area (Å²) in [5.74, 6) is -8.10. The van der Waals surface area contributed by atoms with Crippen LogP contribution in [-0.2, 0) is 10.8 Å². The van der Waals surface area contributed by atoms with Gasteiger partial charge < -0.3 is 4.74 Å². The molecular formula is C13H8F4O2S. The lowest BCUT2D eigenvalue weighted by molar-refractivity contribution is 0.352. The first-order valence-electron chi connectivity index (χ1n) is 5.35. The van der Waals surface area contributed by atoms with Crippen LogP contribution < -0.4 is 4.74 Å². The first-order valence-corrected chi connectivity index (χ1v) is 6.91. The molecule has 20 heavy (non-hydrogen) atoms. The summed E-state index contributed by atoms with van der Waals surface area (Å²) in [4.78, 5) is -1.15. The Kier molecular flexibility index (Phi) is 4.08. The average molecular weight is 304 g/mol. The molecule has 2 rings (SSSR count). The van der Waals surface area contributed by atoms with Gasteiger partial charge in [-0.15, -0.1) is 0 Å². The number of para-hydroxylation sites is 1. The van der Waals surface area contributed by atoms with Crippen LogP contribution in [0, 0.1) is 23.3 Å². The maximum atomic E-state index is 13.7. The number of ether oxygens (including phenoxy) is 1. The maximum Gasteiger partial charge on any atom is 0.205 e. The third-order valence-electron chi connectivity index (χ3n) is 2.43. The van der Waals surface area contributed by atoms with Gasteiger partial charge in [-0.25, -0.2) is 8.78 Å². The minimum absolute atomic E-state index is 0.00877. The van der Waals surface area contributed by atoms with Gasteiger partial charge in [0.2, 0.25) is 17.4 Å². The predicted octanol–water partition coefficient (Wildman–Crippen LogP) is 3.77. The van der Waals surface area contributed by atoms with Gasteiger partial charge in [-0.2, -0.15) is 8.78 Å². The van der Waals surface area contributed by atoms with Gasteiger partial charge in [0.05, 0.1) is 10.8 Å². The number of hydrogen-bond donors (Lipinski definition) is 0. The van der Waals surface area contributed by atoms with Gasteiger partial charge >= 0.3 is 0 Å². The SMILES string of the molecule is CS(=O)c1c(F)c(F)c(Oc2ccccc2)c(F)c1F. The van der Waals surface area contributed by atoms with Gasteiger partial charge in [-0.1, -0.05) is 18.2 Å². The van der Waals surface area contributed by atoms with E-state index in [2.05, 4.69) is 0 Å². The van der Waals surface area contributed by atoms with Crippen LogP contribution in [0.25, 0.3) is 0 Å². The molecule has 0 bridgehead atoms. The molecule has 0 aliphatic heterocycles. The standard InChI is InChI=1S/C13H8F4O2S/c1-20(18)13-10(16)8(14)12(9(15)11(13)17)19-7-5-3-2-4-6-7/h2-6H,1H3. The zero-order chi connectivity index (χ0) is 14.9. The molecule has 0 heterocycles. The quantitative estimate of drug-likeness (QED) is 0.637. The highest BCUT2D eigenvalue weighted by Crippen LogP contribution is 2.34. The molecule has 0 amide bonds. The number of benzene rings is 2. The minimum Gasteiger partial charge on any atom is -0.451 e. The molecule has 2 aromatic carbocycles. The Morgan fingerprint density at radius 2 is 1.40 bits per heavy atom. The van der Waals surface area contributed by atoms with E-state index >= 15 is 0 Å². The molecule has 0 fully saturated rings. The fourth-order valence-electron chi connectivity index (χ4n) is 1.54. The predicted molar refractivity (Wildman–Crippen MR) is 65.1 cm³/mol. The molecule has 1 atom stereocenters. The van der Waals surface area contributed by atoms with Gasteiger partial charge in [0.25, 0.3) is 0 Å². The van der Waals surface area contributed by atoms with Gasteiger partial charge in [0.1, 0.15) is 10.6 Å². The summed E-state index contributed by atoms with van der Waals surface area (Å²) < 4.78 is 70.5. The smallest absolute Gasteiger partial charge is 0.205 e. The molecular weight excluding hydrogens is 296 g/mol. The molecule has 2 aromatic rings. The summed E-state index contributed by atoms with van der Waals surface area (Å²) >= 11 is 0. The van der Waals surface area contributed by atoms with Gasteiger partial charge in [0.15, 0.2) is 11.6 Å². The molecule has 106 valence electrons. The van der Waals surface area contributed by atoms with E-state index in [9.17, 15) is 21.8 Å². The first kappa shape index (κ1) is 14.5. The highest BCUT2D eigenvalue weighted by Gasteiger charge is 2.28. The molecule has 0 aliphatic carbocycles. The second kappa shape index (κ2) is 5.62. The number of hydrogen-bond acceptors (Lipinski definition) is 2. The Hall–Kier alpha value is -1.89. The van der Waals surface area contributed by atoms with Crippen molar-refractivity contribution in [1.82, 2.24) is 0 Å². The third kappa shape index (κ3) is 2.53. The van der Waals surface area contributed by atoms with Gasteiger partial charge in [0, 0.05) is 6.26 Å². The van der Waals surface area contributed by atoms with Gasteiger partial charge in [-0.3, -0.25) is 4.21 Å². The molecule has 2 nitrogen and oxygen atoms in total. The highest BCUT2D eigenvalue weighted by molar-refractivity contribution is 7.84. The molecule has 7 heteroatoms. The van der Waals surface area contributed by atoms with Crippen LogP contribution in [0.4, 0.5) is 17.6 Å². The van der Waals surface area contributed by atoms with E-state index in [1.807, 2.05) is 0 Å². The second-order valence-corrected chi connectivity index (χ2v) is 5.10. The molecule has 1 unspecified atom stereocenters. The van der Waals surface area contributed by atoms with Crippen molar-refractivity contribution in [1.29, 1.82) is 0 Å². The van der Waals surface area contributed by atoms with Crippen LogP contribution in [0.15, 0.2) is 35.2 Å². The zero-order valence-corrected chi connectivity index (χ0v) is 10.9. The van der Waals surface area contributed by atoms with Crippen LogP contribution in [0.1, 0.15) is 0 Å². The van der Waals surface area contributed by atoms with E-state index in [4.69, 9.17) is 4.74 Å². The Bertz CT molecular complexity index is 645. The Morgan fingerprint density at radius 3 is 1.85 bits per heavy atom. The van der Waals surface area contributed by atoms with Crippen LogP contribution in [-0.4, -0.2) is 10.5 Å². The topological polar surface area (TPSA) is 26.3 Å². The maximum absolute atomic E-state index is 13.7. The van der Waals surface area contributed by atoms with Crippen LogP contribution >= 0.6 is 0 Å². The third-order valence-corrected chi connectivity index (χ3v) is 3.37. The molecule has 0 aliphatic rings. The van der Waals surface area contributed by atoms with Crippen molar-refractivity contribution < 1.29 is 26.5 Å². The molecule has 0 saturated heterocycles. The summed E-state index contributed by atoms with van der Waals surface area (Å²) in [5.41, 5.74) is 0. The fourth-order valence-corrected chi connectivity index (χ4v) is 2.22. The normalized spacial score (nSPS) is 12.2. The Labute approximate surface area is 114 Å². The van der Waals surface area contributed by atoms with Crippen LogP contribution in [0.2, 0.25) is 0 Å². The van der Waals surface area contributed by atoms with Crippen LogP contribution in [0.5, 0.6) is 11.5 Å². The molecule has 0 saturated carbocycles. The molecule has 0 N–H and O–H groups in total. The largest absolute Gasteiger partial charge is 0.451 e. The summed E-state index contributed by atoms with van der Waals surface area (Å²) in [6.45, 7) is 0. The lowest BCUT2D eigenvalue weighted by Gasteiger charge is -2.11. The van der Waals surface area contributed by atoms with E-state index in [0.29, 0.717) is 0 Å². The van der Waals surface area contributed by atoms with Crippen LogP contribution in [0.3, 0.4) is 0 Å². The van der Waals surface area contributed by atoms with Gasteiger partial charge in [-0.05, 0) is 12.1 Å². The molecule has 0 aromatic heterocycles. The highest BCUT2D eigenvalue weighted by atomic mass is 32.2. The van der Waals surface area contributed by atoms with Crippen molar-refractivity contribution in [3.63, 3.8) is 0 Å².